The zero-order chi connectivity index (χ0) is 18.4. The predicted octanol–water partition coefficient (Wildman–Crippen LogP) is 2.38. The minimum absolute atomic E-state index is 0.566. The zero-order valence-electron chi connectivity index (χ0n) is 15.5. The van der Waals surface area contributed by atoms with Crippen molar-refractivity contribution >= 4 is 17.7 Å². The molecule has 1 aromatic carbocycles. The average molecular weight is 375 g/mol. The molecule has 1 saturated heterocycles. The van der Waals surface area contributed by atoms with Crippen molar-refractivity contribution in [3.8, 4) is 17.1 Å². The van der Waals surface area contributed by atoms with Crippen LogP contribution < -0.4 is 10.1 Å². The molecule has 2 heterocycles. The quantitative estimate of drug-likeness (QED) is 0.618. The number of aromatic amines is 1. The number of aromatic nitrogens is 3. The lowest BCUT2D eigenvalue weighted by Gasteiger charge is -2.34. The van der Waals surface area contributed by atoms with E-state index in [-0.39, 0.29) is 0 Å². The lowest BCUT2D eigenvalue weighted by molar-refractivity contribution is 0.407. The maximum Gasteiger partial charge on any atom is 0.194 e. The van der Waals surface area contributed by atoms with E-state index < -0.39 is 0 Å². The van der Waals surface area contributed by atoms with Crippen LogP contribution in [0.25, 0.3) is 11.4 Å². The molecule has 0 bridgehead atoms. The first-order valence-corrected chi connectivity index (χ1v) is 9.91. The van der Waals surface area contributed by atoms with Gasteiger partial charge in [-0.3, -0.25) is 10.1 Å². The van der Waals surface area contributed by atoms with Crippen LogP contribution in [-0.2, 0) is 6.54 Å². The highest BCUT2D eigenvalue weighted by atomic mass is 32.2. The molecule has 1 fully saturated rings. The number of thioether (sulfide) groups is 1. The van der Waals surface area contributed by atoms with Gasteiger partial charge in [0.1, 0.15) is 11.6 Å². The standard InChI is InChI=1S/C18H26N6OS/c1-4-15-12-24(9-10-26-15)18(19-2)20-11-16-21-17(23-22-16)13-5-7-14(25-3)8-6-13/h5-8,15H,4,9-12H2,1-3H3,(H,19,20)(H,21,22,23). The van der Waals surface area contributed by atoms with E-state index in [0.29, 0.717) is 17.6 Å². The van der Waals surface area contributed by atoms with Gasteiger partial charge in [-0.05, 0) is 30.7 Å². The Morgan fingerprint density at radius 2 is 2.23 bits per heavy atom. The molecule has 0 spiro atoms. The zero-order valence-corrected chi connectivity index (χ0v) is 16.3. The SMILES string of the molecule is CCC1CN(C(=NC)NCc2nc(-c3ccc(OC)cc3)n[nH]2)CCS1. The van der Waals surface area contributed by atoms with E-state index >= 15 is 0 Å². The van der Waals surface area contributed by atoms with Gasteiger partial charge in [0.05, 0.1) is 13.7 Å². The molecule has 0 amide bonds. The van der Waals surface area contributed by atoms with E-state index in [1.165, 1.54) is 6.42 Å². The molecule has 8 heteroatoms. The third-order valence-corrected chi connectivity index (χ3v) is 5.77. The minimum Gasteiger partial charge on any atom is -0.497 e. The van der Waals surface area contributed by atoms with Gasteiger partial charge < -0.3 is 15.0 Å². The molecule has 26 heavy (non-hydrogen) atoms. The summed E-state index contributed by atoms with van der Waals surface area (Å²) in [6.45, 7) is 4.87. The summed E-state index contributed by atoms with van der Waals surface area (Å²) in [4.78, 5) is 11.3. The third kappa shape index (κ3) is 4.49. The number of nitrogens with one attached hydrogen (secondary N) is 2. The molecule has 0 radical (unpaired) electrons. The normalized spacial score (nSPS) is 18.0. The van der Waals surface area contributed by atoms with Crippen molar-refractivity contribution in [3.63, 3.8) is 0 Å². The summed E-state index contributed by atoms with van der Waals surface area (Å²) in [6, 6.07) is 7.72. The molecule has 7 nitrogen and oxygen atoms in total. The van der Waals surface area contributed by atoms with Crippen molar-refractivity contribution in [1.82, 2.24) is 25.4 Å². The highest BCUT2D eigenvalue weighted by Crippen LogP contribution is 2.21. The monoisotopic (exact) mass is 374 g/mol. The van der Waals surface area contributed by atoms with Crippen molar-refractivity contribution in [2.75, 3.05) is 33.0 Å². The van der Waals surface area contributed by atoms with Gasteiger partial charge in [0.25, 0.3) is 0 Å². The fourth-order valence-electron chi connectivity index (χ4n) is 2.90. The Labute approximate surface area is 158 Å². The number of hydrogen-bond donors (Lipinski definition) is 2. The van der Waals surface area contributed by atoms with E-state index in [4.69, 9.17) is 4.74 Å². The van der Waals surface area contributed by atoms with E-state index in [1.807, 2.05) is 31.3 Å². The number of methoxy groups -OCH3 is 1. The smallest absolute Gasteiger partial charge is 0.194 e. The van der Waals surface area contributed by atoms with Crippen molar-refractivity contribution in [2.24, 2.45) is 4.99 Å². The molecule has 1 atom stereocenters. The summed E-state index contributed by atoms with van der Waals surface area (Å²) in [5.74, 6) is 4.35. The lowest BCUT2D eigenvalue weighted by Crippen LogP contribution is -2.47. The van der Waals surface area contributed by atoms with Gasteiger partial charge >= 0.3 is 0 Å². The Balaban J connectivity index is 1.59. The number of benzene rings is 1. The van der Waals surface area contributed by atoms with Crippen LogP contribution in [0.3, 0.4) is 0 Å². The number of nitrogens with zero attached hydrogens (tertiary/aromatic N) is 4. The van der Waals surface area contributed by atoms with Gasteiger partial charge in [0.15, 0.2) is 11.8 Å². The largest absolute Gasteiger partial charge is 0.497 e. The Morgan fingerprint density at radius 3 is 2.92 bits per heavy atom. The van der Waals surface area contributed by atoms with Crippen molar-refractivity contribution in [3.05, 3.63) is 30.1 Å². The van der Waals surface area contributed by atoms with Crippen LogP contribution in [0.5, 0.6) is 5.75 Å². The van der Waals surface area contributed by atoms with Gasteiger partial charge in [0.2, 0.25) is 0 Å². The molecule has 1 aliphatic rings. The maximum atomic E-state index is 5.18. The molecule has 140 valence electrons. The van der Waals surface area contributed by atoms with Crippen molar-refractivity contribution in [1.29, 1.82) is 0 Å². The summed E-state index contributed by atoms with van der Waals surface area (Å²) in [5.41, 5.74) is 0.955. The van der Waals surface area contributed by atoms with Crippen LogP contribution in [0.15, 0.2) is 29.3 Å². The predicted molar refractivity (Wildman–Crippen MR) is 107 cm³/mol. The Hall–Kier alpha value is -2.22. The Kier molecular flexibility index (Phi) is 6.38. The highest BCUT2D eigenvalue weighted by molar-refractivity contribution is 8.00. The number of aliphatic imine (C=N–C) groups is 1. The Morgan fingerprint density at radius 1 is 1.42 bits per heavy atom. The van der Waals surface area contributed by atoms with E-state index in [9.17, 15) is 0 Å². The molecule has 0 saturated carbocycles. The van der Waals surface area contributed by atoms with Crippen LogP contribution in [-0.4, -0.2) is 64.3 Å². The molecule has 1 aliphatic heterocycles. The average Bonchev–Trinajstić information content (AvgIpc) is 3.17. The molecule has 0 aliphatic carbocycles. The van der Waals surface area contributed by atoms with Gasteiger partial charge in [0, 0.05) is 36.7 Å². The summed E-state index contributed by atoms with van der Waals surface area (Å²) in [7, 11) is 3.48. The van der Waals surface area contributed by atoms with Crippen LogP contribution >= 0.6 is 11.8 Å². The molecule has 1 aromatic heterocycles. The van der Waals surface area contributed by atoms with Crippen LogP contribution in [0.4, 0.5) is 0 Å². The first-order valence-electron chi connectivity index (χ1n) is 8.86. The van der Waals surface area contributed by atoms with Crippen molar-refractivity contribution < 1.29 is 4.74 Å². The summed E-state index contributed by atoms with van der Waals surface area (Å²) in [6.07, 6.45) is 1.19. The molecular weight excluding hydrogens is 348 g/mol. The fourth-order valence-corrected chi connectivity index (χ4v) is 4.08. The highest BCUT2D eigenvalue weighted by Gasteiger charge is 2.21. The lowest BCUT2D eigenvalue weighted by atomic mass is 10.2. The minimum atomic E-state index is 0.566. The second-order valence-corrected chi connectivity index (χ2v) is 7.49. The van der Waals surface area contributed by atoms with E-state index in [2.05, 4.69) is 49.1 Å². The van der Waals surface area contributed by atoms with Crippen molar-refractivity contribution in [2.45, 2.75) is 25.1 Å². The number of H-pyrrole nitrogens is 1. The van der Waals surface area contributed by atoms with Gasteiger partial charge in [-0.2, -0.15) is 16.9 Å². The van der Waals surface area contributed by atoms with Gasteiger partial charge in [-0.25, -0.2) is 4.98 Å². The molecule has 2 aromatic rings. The third-order valence-electron chi connectivity index (χ3n) is 4.40. The fraction of sp³-hybridized carbons (Fsp3) is 0.500. The first-order chi connectivity index (χ1) is 12.7. The topological polar surface area (TPSA) is 78.4 Å². The van der Waals surface area contributed by atoms with Gasteiger partial charge in [-0.15, -0.1) is 0 Å². The Bertz CT molecular complexity index is 730. The summed E-state index contributed by atoms with van der Waals surface area (Å²) < 4.78 is 5.18. The maximum absolute atomic E-state index is 5.18. The number of rotatable bonds is 5. The van der Waals surface area contributed by atoms with Gasteiger partial charge in [-0.1, -0.05) is 6.92 Å². The van der Waals surface area contributed by atoms with Crippen LogP contribution in [0, 0.1) is 0 Å². The summed E-state index contributed by atoms with van der Waals surface area (Å²) >= 11 is 2.05. The number of ether oxygens (including phenoxy) is 1. The number of guanidine groups is 1. The molecule has 2 N–H and O–H groups in total. The van der Waals surface area contributed by atoms with E-state index in [1.54, 1.807) is 7.11 Å². The molecule has 1 unspecified atom stereocenters. The number of hydrogen-bond acceptors (Lipinski definition) is 5. The summed E-state index contributed by atoms with van der Waals surface area (Å²) in [5, 5.41) is 11.4. The molecular formula is C18H26N6OS. The van der Waals surface area contributed by atoms with E-state index in [0.717, 1.165) is 41.9 Å². The van der Waals surface area contributed by atoms with Crippen LogP contribution in [0.1, 0.15) is 19.2 Å². The first kappa shape index (κ1) is 18.6. The molecule has 3 rings (SSSR count). The second-order valence-electron chi connectivity index (χ2n) is 6.08. The van der Waals surface area contributed by atoms with Crippen LogP contribution in [0.2, 0.25) is 0 Å². The second kappa shape index (κ2) is 8.93.